The van der Waals surface area contributed by atoms with Crippen LogP contribution in [0.15, 0.2) is 24.4 Å². The van der Waals surface area contributed by atoms with Crippen molar-refractivity contribution in [2.24, 2.45) is 0 Å². The quantitative estimate of drug-likeness (QED) is 0.596. The molecule has 3 aromatic rings. The second-order valence-electron chi connectivity index (χ2n) is 7.87. The number of alkyl halides is 2. The van der Waals surface area contributed by atoms with Gasteiger partial charge in [0, 0.05) is 42.7 Å². The lowest BCUT2D eigenvalue weighted by Gasteiger charge is -2.25. The number of hydrogen-bond donors (Lipinski definition) is 1. The smallest absolute Gasteiger partial charge is 0.272 e. The van der Waals surface area contributed by atoms with Crippen LogP contribution in [0.25, 0.3) is 10.9 Å². The van der Waals surface area contributed by atoms with E-state index in [1.165, 1.54) is 20.0 Å². The molecule has 1 aliphatic rings. The van der Waals surface area contributed by atoms with Gasteiger partial charge in [-0.1, -0.05) is 0 Å². The first kappa shape index (κ1) is 21.9. The van der Waals surface area contributed by atoms with Crippen molar-refractivity contribution in [3.05, 3.63) is 64.0 Å². The number of nitrogen functional groups attached to an aromatic ring is 1. The highest BCUT2D eigenvalue weighted by Gasteiger charge is 2.30. The van der Waals surface area contributed by atoms with Crippen LogP contribution in [0, 0.1) is 11.6 Å². The first-order chi connectivity index (χ1) is 15.0. The number of pyridine rings is 2. The van der Waals surface area contributed by atoms with E-state index in [-0.39, 0.29) is 30.3 Å². The summed E-state index contributed by atoms with van der Waals surface area (Å²) in [4.78, 5) is 22.1. The van der Waals surface area contributed by atoms with Crippen molar-refractivity contribution in [2.75, 3.05) is 12.8 Å². The van der Waals surface area contributed by atoms with Crippen LogP contribution in [-0.2, 0) is 23.9 Å². The maximum Gasteiger partial charge on any atom is 0.272 e. The lowest BCUT2D eigenvalue weighted by molar-refractivity contribution is 0.0166. The zero-order valence-corrected chi connectivity index (χ0v) is 17.5. The molecule has 2 aromatic heterocycles. The molecule has 0 spiro atoms. The van der Waals surface area contributed by atoms with Gasteiger partial charge in [-0.05, 0) is 24.6 Å². The van der Waals surface area contributed by atoms with E-state index in [0.29, 0.717) is 29.5 Å². The zero-order chi connectivity index (χ0) is 23.4. The van der Waals surface area contributed by atoms with Gasteiger partial charge in [-0.2, -0.15) is 0 Å². The largest absolute Gasteiger partial charge is 0.383 e. The molecule has 1 aliphatic heterocycles. The topological polar surface area (TPSA) is 81.3 Å². The molecule has 0 saturated heterocycles. The monoisotopic (exact) mass is 448 g/mol. The number of aromatic nitrogens is 2. The maximum atomic E-state index is 14.8. The number of ether oxygens (including phenoxy) is 1. The second-order valence-corrected chi connectivity index (χ2v) is 7.87. The molecule has 0 aliphatic carbocycles. The molecular formula is C22H20F4N4O2. The summed E-state index contributed by atoms with van der Waals surface area (Å²) in [5, 5.41) is 0.538. The Morgan fingerprint density at radius 2 is 1.88 bits per heavy atom. The minimum absolute atomic E-state index is 0.209. The van der Waals surface area contributed by atoms with Crippen LogP contribution in [0.1, 0.15) is 52.6 Å². The molecule has 0 radical (unpaired) electrons. The van der Waals surface area contributed by atoms with Crippen molar-refractivity contribution in [3.63, 3.8) is 0 Å². The predicted octanol–water partition coefficient (Wildman–Crippen LogP) is 4.47. The Morgan fingerprint density at radius 3 is 2.53 bits per heavy atom. The Hall–Kier alpha value is -3.27. The number of carbonyl (C=O) groups is 1. The summed E-state index contributed by atoms with van der Waals surface area (Å²) in [6, 6.07) is 2.23. The Kier molecular flexibility index (Phi) is 5.28. The Labute approximate surface area is 181 Å². The molecule has 4 rings (SSSR count). The molecule has 6 nitrogen and oxygen atoms in total. The fourth-order valence-electron chi connectivity index (χ4n) is 3.70. The van der Waals surface area contributed by atoms with Gasteiger partial charge in [0.05, 0.1) is 36.0 Å². The standard InChI is InChI=1S/C22H20F4N4O2/c1-10(19-17(24)4-11(7-28-19)22(2,25)26)30(3)21(31)13-5-12-14-8-32-9-15(14)20(27)29-18(12)6-16(13)23/h4-7,10H,8-9H2,1-3H3,(H2,27,29)/t10-/m1/s1. The average molecular weight is 448 g/mol. The Bertz CT molecular complexity index is 1240. The van der Waals surface area contributed by atoms with Crippen LogP contribution >= 0.6 is 0 Å². The molecule has 2 N–H and O–H groups in total. The second kappa shape index (κ2) is 7.70. The van der Waals surface area contributed by atoms with E-state index in [1.54, 1.807) is 0 Å². The van der Waals surface area contributed by atoms with Gasteiger partial charge in [0.1, 0.15) is 17.5 Å². The number of halogens is 4. The van der Waals surface area contributed by atoms with Crippen LogP contribution in [0.2, 0.25) is 0 Å². The van der Waals surface area contributed by atoms with E-state index >= 15 is 0 Å². The summed E-state index contributed by atoms with van der Waals surface area (Å²) in [5.74, 6) is -5.54. The SMILES string of the molecule is C[C@H](c1ncc(C(C)(F)F)cc1F)N(C)C(=O)c1cc2c3c(c(N)nc2cc1F)COC3. The molecule has 168 valence electrons. The van der Waals surface area contributed by atoms with Crippen molar-refractivity contribution < 1.29 is 27.1 Å². The number of amides is 1. The van der Waals surface area contributed by atoms with Crippen LogP contribution in [0.3, 0.4) is 0 Å². The minimum Gasteiger partial charge on any atom is -0.383 e. The molecule has 32 heavy (non-hydrogen) atoms. The van der Waals surface area contributed by atoms with Crippen molar-refractivity contribution in [1.82, 2.24) is 14.9 Å². The van der Waals surface area contributed by atoms with E-state index in [2.05, 4.69) is 9.97 Å². The van der Waals surface area contributed by atoms with Crippen molar-refractivity contribution in [2.45, 2.75) is 39.0 Å². The van der Waals surface area contributed by atoms with Gasteiger partial charge in [-0.15, -0.1) is 0 Å². The highest BCUT2D eigenvalue weighted by atomic mass is 19.3. The van der Waals surface area contributed by atoms with Crippen molar-refractivity contribution in [1.29, 1.82) is 0 Å². The number of hydrogen-bond acceptors (Lipinski definition) is 5. The number of benzene rings is 1. The molecule has 1 aromatic carbocycles. The molecule has 10 heteroatoms. The first-order valence-electron chi connectivity index (χ1n) is 9.78. The van der Waals surface area contributed by atoms with Crippen LogP contribution in [0.4, 0.5) is 23.4 Å². The summed E-state index contributed by atoms with van der Waals surface area (Å²) in [7, 11) is 1.36. The number of nitrogens with zero attached hydrogens (tertiary/aromatic N) is 3. The van der Waals surface area contributed by atoms with Gasteiger partial charge < -0.3 is 15.4 Å². The van der Waals surface area contributed by atoms with Crippen LogP contribution in [0.5, 0.6) is 0 Å². The summed E-state index contributed by atoms with van der Waals surface area (Å²) < 4.78 is 61.6. The first-order valence-corrected chi connectivity index (χ1v) is 9.78. The van der Waals surface area contributed by atoms with Gasteiger partial charge in [-0.3, -0.25) is 9.78 Å². The molecule has 0 unspecified atom stereocenters. The fourth-order valence-corrected chi connectivity index (χ4v) is 3.70. The average Bonchev–Trinajstić information content (AvgIpc) is 3.22. The van der Waals surface area contributed by atoms with Crippen LogP contribution in [-0.4, -0.2) is 27.8 Å². The maximum absolute atomic E-state index is 14.8. The zero-order valence-electron chi connectivity index (χ0n) is 17.5. The van der Waals surface area contributed by atoms with Gasteiger partial charge in [0.25, 0.3) is 11.8 Å². The highest BCUT2D eigenvalue weighted by molar-refractivity contribution is 5.99. The molecule has 0 fully saturated rings. The molecule has 0 saturated carbocycles. The minimum atomic E-state index is -3.26. The molecule has 1 atom stereocenters. The van der Waals surface area contributed by atoms with Gasteiger partial charge in [0.2, 0.25) is 0 Å². The van der Waals surface area contributed by atoms with Crippen molar-refractivity contribution >= 4 is 22.6 Å². The third-order valence-electron chi connectivity index (χ3n) is 5.72. The summed E-state index contributed by atoms with van der Waals surface area (Å²) >= 11 is 0. The number of rotatable bonds is 4. The third-order valence-corrected chi connectivity index (χ3v) is 5.72. The summed E-state index contributed by atoms with van der Waals surface area (Å²) in [5.41, 5.74) is 6.60. The molecular weight excluding hydrogens is 428 g/mol. The van der Waals surface area contributed by atoms with Crippen LogP contribution < -0.4 is 5.73 Å². The number of anilines is 1. The highest BCUT2D eigenvalue weighted by Crippen LogP contribution is 2.34. The van der Waals surface area contributed by atoms with E-state index in [9.17, 15) is 22.4 Å². The molecule has 1 amide bonds. The predicted molar refractivity (Wildman–Crippen MR) is 109 cm³/mol. The lowest BCUT2D eigenvalue weighted by atomic mass is 10.0. The summed E-state index contributed by atoms with van der Waals surface area (Å²) in [6.45, 7) is 2.64. The fraction of sp³-hybridized carbons (Fsp3) is 0.318. The van der Waals surface area contributed by atoms with E-state index in [0.717, 1.165) is 22.7 Å². The molecule has 3 heterocycles. The van der Waals surface area contributed by atoms with E-state index in [4.69, 9.17) is 10.5 Å². The Morgan fingerprint density at radius 1 is 1.19 bits per heavy atom. The number of fused-ring (bicyclic) bond motifs is 3. The van der Waals surface area contributed by atoms with Gasteiger partial charge in [-0.25, -0.2) is 22.5 Å². The Balaban J connectivity index is 1.70. The third kappa shape index (κ3) is 3.64. The normalized spacial score (nSPS) is 14.5. The van der Waals surface area contributed by atoms with Crippen molar-refractivity contribution in [3.8, 4) is 0 Å². The number of carbonyl (C=O) groups excluding carboxylic acids is 1. The molecule has 0 bridgehead atoms. The van der Waals surface area contributed by atoms with E-state index in [1.807, 2.05) is 0 Å². The van der Waals surface area contributed by atoms with Gasteiger partial charge in [0.15, 0.2) is 0 Å². The summed E-state index contributed by atoms with van der Waals surface area (Å²) in [6.07, 6.45) is 0.864. The van der Waals surface area contributed by atoms with Gasteiger partial charge >= 0.3 is 0 Å². The number of nitrogens with two attached hydrogens (primary N) is 1. The lowest BCUT2D eigenvalue weighted by Crippen LogP contribution is -2.31. The van der Waals surface area contributed by atoms with E-state index < -0.39 is 35.1 Å².